The highest BCUT2D eigenvalue weighted by Gasteiger charge is 2.18. The summed E-state index contributed by atoms with van der Waals surface area (Å²) in [5.74, 6) is 0.741. The minimum absolute atomic E-state index is 0.741. The Kier molecular flexibility index (Phi) is 7.20. The topological polar surface area (TPSA) is 17.1 Å². The highest BCUT2D eigenvalue weighted by atomic mass is 16.1. The number of unbranched alkanes of at least 4 members (excludes halogenated alkanes) is 6. The van der Waals surface area contributed by atoms with Crippen molar-refractivity contribution in [1.82, 2.24) is 0 Å². The lowest BCUT2D eigenvalue weighted by Gasteiger charge is -2.01. The maximum Gasteiger partial charge on any atom is 0.145 e. The molecule has 0 aliphatic heterocycles. The third-order valence-electron chi connectivity index (χ3n) is 3.29. The van der Waals surface area contributed by atoms with Gasteiger partial charge in [-0.05, 0) is 37.2 Å². The molecule has 0 amide bonds. The average molecular weight is 222 g/mol. The minimum atomic E-state index is 0.741. The Hall–Kier alpha value is -0.590. The van der Waals surface area contributed by atoms with Gasteiger partial charge in [0.05, 0.1) is 0 Å². The lowest BCUT2D eigenvalue weighted by Crippen LogP contribution is -1.87. The maximum absolute atomic E-state index is 10.8. The van der Waals surface area contributed by atoms with Crippen molar-refractivity contribution < 1.29 is 4.79 Å². The van der Waals surface area contributed by atoms with E-state index in [1.807, 2.05) is 0 Å². The highest BCUT2D eigenvalue weighted by Crippen LogP contribution is 2.31. The van der Waals surface area contributed by atoms with Crippen LogP contribution >= 0.6 is 0 Å². The number of aldehydes is 1. The molecule has 0 aromatic rings. The van der Waals surface area contributed by atoms with Gasteiger partial charge in [0.15, 0.2) is 0 Å². The first-order valence-electron chi connectivity index (χ1n) is 7.02. The molecule has 1 heteroatoms. The molecular weight excluding hydrogens is 196 g/mol. The summed E-state index contributed by atoms with van der Waals surface area (Å²) in [5.41, 5.74) is 1.05. The fourth-order valence-corrected chi connectivity index (χ4v) is 2.03. The third-order valence-corrected chi connectivity index (χ3v) is 3.29. The van der Waals surface area contributed by atoms with E-state index in [1.54, 1.807) is 0 Å². The largest absolute Gasteiger partial charge is 0.298 e. The van der Waals surface area contributed by atoms with Gasteiger partial charge in [0.1, 0.15) is 6.29 Å². The SMILES string of the molecule is CCCCCCCCC/C(C=O)=C\C1CC1. The summed E-state index contributed by atoms with van der Waals surface area (Å²) in [4.78, 5) is 10.8. The Balaban J connectivity index is 1.94. The Morgan fingerprint density at radius 3 is 2.25 bits per heavy atom. The molecule has 1 aliphatic rings. The molecule has 0 heterocycles. The first-order valence-corrected chi connectivity index (χ1v) is 7.02. The summed E-state index contributed by atoms with van der Waals surface area (Å²) < 4.78 is 0. The van der Waals surface area contributed by atoms with Crippen molar-refractivity contribution in [2.75, 3.05) is 0 Å². The normalized spacial score (nSPS) is 16.4. The third kappa shape index (κ3) is 6.81. The molecule has 0 N–H and O–H groups in total. The second-order valence-electron chi connectivity index (χ2n) is 5.07. The van der Waals surface area contributed by atoms with Crippen LogP contribution < -0.4 is 0 Å². The van der Waals surface area contributed by atoms with Crippen LogP contribution in [0.25, 0.3) is 0 Å². The minimum Gasteiger partial charge on any atom is -0.298 e. The molecule has 1 saturated carbocycles. The predicted molar refractivity (Wildman–Crippen MR) is 69.5 cm³/mol. The van der Waals surface area contributed by atoms with Crippen LogP contribution in [0.4, 0.5) is 0 Å². The molecule has 1 rings (SSSR count). The molecule has 0 unspecified atom stereocenters. The zero-order valence-electron chi connectivity index (χ0n) is 10.7. The van der Waals surface area contributed by atoms with E-state index >= 15 is 0 Å². The number of carbonyl (C=O) groups excluding carboxylic acids is 1. The van der Waals surface area contributed by atoms with Crippen LogP contribution in [0, 0.1) is 5.92 Å². The summed E-state index contributed by atoms with van der Waals surface area (Å²) in [7, 11) is 0. The quantitative estimate of drug-likeness (QED) is 0.298. The van der Waals surface area contributed by atoms with E-state index < -0.39 is 0 Å². The Bertz CT molecular complexity index is 213. The van der Waals surface area contributed by atoms with Crippen LogP contribution in [0.1, 0.15) is 71.1 Å². The Labute approximate surface area is 100 Å². The van der Waals surface area contributed by atoms with Crippen molar-refractivity contribution in [3.63, 3.8) is 0 Å². The lowest BCUT2D eigenvalue weighted by molar-refractivity contribution is -0.105. The predicted octanol–water partition coefficient (Wildman–Crippen LogP) is 4.66. The second-order valence-corrected chi connectivity index (χ2v) is 5.07. The number of rotatable bonds is 10. The van der Waals surface area contributed by atoms with E-state index in [2.05, 4.69) is 13.0 Å². The maximum atomic E-state index is 10.8. The molecule has 0 atom stereocenters. The lowest BCUT2D eigenvalue weighted by atomic mass is 10.0. The van der Waals surface area contributed by atoms with Crippen LogP contribution in [0.2, 0.25) is 0 Å². The Morgan fingerprint density at radius 1 is 1.06 bits per heavy atom. The van der Waals surface area contributed by atoms with Gasteiger partial charge < -0.3 is 0 Å². The molecule has 1 nitrogen and oxygen atoms in total. The van der Waals surface area contributed by atoms with Gasteiger partial charge in [0.2, 0.25) is 0 Å². The van der Waals surface area contributed by atoms with Crippen LogP contribution in [-0.4, -0.2) is 6.29 Å². The number of carbonyl (C=O) groups is 1. The van der Waals surface area contributed by atoms with Gasteiger partial charge in [-0.1, -0.05) is 51.5 Å². The molecule has 92 valence electrons. The summed E-state index contributed by atoms with van der Waals surface area (Å²) >= 11 is 0. The summed E-state index contributed by atoms with van der Waals surface area (Å²) in [6, 6.07) is 0. The van der Waals surface area contributed by atoms with E-state index in [0.29, 0.717) is 0 Å². The molecule has 0 bridgehead atoms. The van der Waals surface area contributed by atoms with E-state index in [1.165, 1.54) is 57.8 Å². The van der Waals surface area contributed by atoms with Crippen LogP contribution in [0.15, 0.2) is 11.6 Å². The van der Waals surface area contributed by atoms with E-state index in [0.717, 1.165) is 24.2 Å². The van der Waals surface area contributed by atoms with Crippen LogP contribution in [0.5, 0.6) is 0 Å². The molecule has 16 heavy (non-hydrogen) atoms. The molecule has 0 radical (unpaired) electrons. The first-order chi connectivity index (χ1) is 7.86. The monoisotopic (exact) mass is 222 g/mol. The van der Waals surface area contributed by atoms with E-state index in [9.17, 15) is 4.79 Å². The fourth-order valence-electron chi connectivity index (χ4n) is 2.03. The second kappa shape index (κ2) is 8.55. The van der Waals surface area contributed by atoms with Crippen LogP contribution in [0.3, 0.4) is 0 Å². The number of hydrogen-bond donors (Lipinski definition) is 0. The number of hydrogen-bond acceptors (Lipinski definition) is 1. The van der Waals surface area contributed by atoms with Crippen molar-refractivity contribution in [3.8, 4) is 0 Å². The van der Waals surface area contributed by atoms with Gasteiger partial charge >= 0.3 is 0 Å². The van der Waals surface area contributed by atoms with Crippen molar-refractivity contribution in [2.24, 2.45) is 5.92 Å². The summed E-state index contributed by atoms with van der Waals surface area (Å²) in [6.45, 7) is 2.25. The van der Waals surface area contributed by atoms with Gasteiger partial charge in [-0.2, -0.15) is 0 Å². The standard InChI is InChI=1S/C15H26O/c1-2-3-4-5-6-7-8-9-15(13-16)12-14-10-11-14/h12-14H,2-11H2,1H3/b15-12+. The van der Waals surface area contributed by atoms with Crippen molar-refractivity contribution in [1.29, 1.82) is 0 Å². The van der Waals surface area contributed by atoms with Crippen LogP contribution in [-0.2, 0) is 4.79 Å². The first kappa shape index (κ1) is 13.5. The van der Waals surface area contributed by atoms with Crippen molar-refractivity contribution in [3.05, 3.63) is 11.6 Å². The average Bonchev–Trinajstić information content (AvgIpc) is 3.10. The fraction of sp³-hybridized carbons (Fsp3) is 0.800. The molecule has 0 saturated heterocycles. The molecule has 0 spiro atoms. The van der Waals surface area contributed by atoms with Gasteiger partial charge in [0, 0.05) is 0 Å². The zero-order valence-corrected chi connectivity index (χ0v) is 10.7. The number of allylic oxidation sites excluding steroid dienone is 2. The van der Waals surface area contributed by atoms with Gasteiger partial charge in [-0.15, -0.1) is 0 Å². The van der Waals surface area contributed by atoms with Gasteiger partial charge in [-0.25, -0.2) is 0 Å². The molecular formula is C15H26O. The molecule has 0 aromatic heterocycles. The van der Waals surface area contributed by atoms with Gasteiger partial charge in [0.25, 0.3) is 0 Å². The molecule has 1 aliphatic carbocycles. The summed E-state index contributed by atoms with van der Waals surface area (Å²) in [6.07, 6.45) is 16.2. The molecule has 1 fully saturated rings. The molecule has 0 aromatic carbocycles. The highest BCUT2D eigenvalue weighted by molar-refractivity contribution is 5.73. The van der Waals surface area contributed by atoms with Gasteiger partial charge in [-0.3, -0.25) is 4.79 Å². The zero-order chi connectivity index (χ0) is 11.6. The smallest absolute Gasteiger partial charge is 0.145 e. The Morgan fingerprint density at radius 2 is 1.69 bits per heavy atom. The van der Waals surface area contributed by atoms with E-state index in [4.69, 9.17) is 0 Å². The van der Waals surface area contributed by atoms with E-state index in [-0.39, 0.29) is 0 Å². The van der Waals surface area contributed by atoms with Crippen molar-refractivity contribution >= 4 is 6.29 Å². The van der Waals surface area contributed by atoms with Crippen molar-refractivity contribution in [2.45, 2.75) is 71.1 Å². The summed E-state index contributed by atoms with van der Waals surface area (Å²) in [5, 5.41) is 0.